The van der Waals surface area contributed by atoms with E-state index in [1.165, 1.54) is 15.9 Å². The van der Waals surface area contributed by atoms with E-state index in [0.29, 0.717) is 6.42 Å². The van der Waals surface area contributed by atoms with Gasteiger partial charge in [0.15, 0.2) is 0 Å². The van der Waals surface area contributed by atoms with Crippen LogP contribution in [0.5, 0.6) is 0 Å². The normalized spacial score (nSPS) is 10.5. The minimum absolute atomic E-state index is 0. The van der Waals surface area contributed by atoms with Crippen molar-refractivity contribution < 1.29 is 12.4 Å². The first kappa shape index (κ1) is 19.2. The molecule has 0 spiro atoms. The third kappa shape index (κ3) is 4.10. The molecule has 0 fully saturated rings. The first-order valence-electron chi connectivity index (χ1n) is 8.30. The van der Waals surface area contributed by atoms with Crippen LogP contribution in [-0.2, 0) is 0 Å². The molecule has 0 atom stereocenters. The lowest BCUT2D eigenvalue weighted by Crippen LogP contribution is -3.00. The highest BCUT2D eigenvalue weighted by atomic mass is 35.5. The van der Waals surface area contributed by atoms with Gasteiger partial charge in [0.2, 0.25) is 0 Å². The number of rotatable bonds is 6. The van der Waals surface area contributed by atoms with Gasteiger partial charge in [0.1, 0.15) is 23.2 Å². The van der Waals surface area contributed by atoms with Crippen molar-refractivity contribution in [2.75, 3.05) is 6.16 Å². The van der Waals surface area contributed by atoms with Gasteiger partial charge in [-0.15, -0.1) is 0 Å². The van der Waals surface area contributed by atoms with Crippen LogP contribution in [0.1, 0.15) is 12.8 Å². The highest BCUT2D eigenvalue weighted by molar-refractivity contribution is 7.95. The van der Waals surface area contributed by atoms with Gasteiger partial charge >= 0.3 is 0 Å². The fourth-order valence-electron chi connectivity index (χ4n) is 3.28. The van der Waals surface area contributed by atoms with Crippen LogP contribution in [0.15, 0.2) is 91.0 Å². The molecule has 0 radical (unpaired) electrons. The summed E-state index contributed by atoms with van der Waals surface area (Å²) in [7, 11) is -1.73. The second-order valence-corrected chi connectivity index (χ2v) is 9.42. The lowest BCUT2D eigenvalue weighted by molar-refractivity contribution is -0.00000494. The molecule has 3 aromatic rings. The van der Waals surface area contributed by atoms with Crippen molar-refractivity contribution in [3.63, 3.8) is 0 Å². The minimum atomic E-state index is -1.73. The SMILES string of the molecule is N#CCCC[P+](c1ccccc1)(c1ccccc1)c1ccccc1.[Cl-]. The van der Waals surface area contributed by atoms with Gasteiger partial charge in [0.25, 0.3) is 0 Å². The minimum Gasteiger partial charge on any atom is -1.00 e. The summed E-state index contributed by atoms with van der Waals surface area (Å²) in [5.74, 6) is 0. The first-order chi connectivity index (χ1) is 11.9. The van der Waals surface area contributed by atoms with Crippen molar-refractivity contribution in [1.82, 2.24) is 0 Å². The van der Waals surface area contributed by atoms with Gasteiger partial charge in [-0.3, -0.25) is 0 Å². The van der Waals surface area contributed by atoms with Crippen molar-refractivity contribution in [3.05, 3.63) is 91.0 Å². The second-order valence-electron chi connectivity index (χ2n) is 5.80. The Labute approximate surface area is 157 Å². The Balaban J connectivity index is 0.00000225. The molecule has 3 rings (SSSR count). The summed E-state index contributed by atoms with van der Waals surface area (Å²) in [5, 5.41) is 13.2. The molecule has 0 aliphatic carbocycles. The number of hydrogen-bond acceptors (Lipinski definition) is 1. The van der Waals surface area contributed by atoms with E-state index < -0.39 is 7.26 Å². The van der Waals surface area contributed by atoms with E-state index in [1.54, 1.807) is 0 Å². The van der Waals surface area contributed by atoms with E-state index in [-0.39, 0.29) is 12.4 Å². The number of benzene rings is 3. The zero-order chi connectivity index (χ0) is 16.7. The molecule has 0 aliphatic rings. The molecule has 3 aromatic carbocycles. The van der Waals surface area contributed by atoms with Crippen LogP contribution >= 0.6 is 7.26 Å². The summed E-state index contributed by atoms with van der Waals surface area (Å²) in [5.41, 5.74) is 0. The van der Waals surface area contributed by atoms with E-state index in [0.717, 1.165) is 12.6 Å². The lowest BCUT2D eigenvalue weighted by atomic mass is 10.3. The molecule has 0 amide bonds. The monoisotopic (exact) mass is 365 g/mol. The Morgan fingerprint density at radius 3 is 1.32 bits per heavy atom. The van der Waals surface area contributed by atoms with Crippen LogP contribution in [0, 0.1) is 11.3 Å². The predicted octanol–water partition coefficient (Wildman–Crippen LogP) is 1.29. The Hall–Kier alpha value is -2.13. The van der Waals surface area contributed by atoms with Gasteiger partial charge in [-0.1, -0.05) is 54.6 Å². The molecule has 1 nitrogen and oxygen atoms in total. The van der Waals surface area contributed by atoms with Crippen molar-refractivity contribution in [3.8, 4) is 6.07 Å². The first-order valence-corrected chi connectivity index (χ1v) is 10.3. The summed E-state index contributed by atoms with van der Waals surface area (Å²) >= 11 is 0. The van der Waals surface area contributed by atoms with Gasteiger partial charge in [0.05, 0.1) is 12.2 Å². The van der Waals surface area contributed by atoms with Crippen LogP contribution in [0.25, 0.3) is 0 Å². The van der Waals surface area contributed by atoms with Crippen molar-refractivity contribution in [1.29, 1.82) is 5.26 Å². The van der Waals surface area contributed by atoms with Gasteiger partial charge < -0.3 is 12.4 Å². The Bertz CT molecular complexity index is 701. The maximum Gasteiger partial charge on any atom is 0.112 e. The summed E-state index contributed by atoms with van der Waals surface area (Å²) in [4.78, 5) is 0. The summed E-state index contributed by atoms with van der Waals surface area (Å²) in [6.07, 6.45) is 2.55. The third-order valence-electron chi connectivity index (χ3n) is 4.37. The third-order valence-corrected chi connectivity index (χ3v) is 8.90. The zero-order valence-corrected chi connectivity index (χ0v) is 15.7. The zero-order valence-electron chi connectivity index (χ0n) is 14.1. The Morgan fingerprint density at radius 1 is 0.640 bits per heavy atom. The quantitative estimate of drug-likeness (QED) is 0.477. The van der Waals surface area contributed by atoms with Crippen molar-refractivity contribution in [2.24, 2.45) is 0 Å². The molecule has 0 aliphatic heterocycles. The number of unbranched alkanes of at least 4 members (excludes halogenated alkanes) is 1. The Kier molecular flexibility index (Phi) is 7.20. The van der Waals surface area contributed by atoms with Gasteiger partial charge in [-0.05, 0) is 42.8 Å². The smallest absolute Gasteiger partial charge is 0.112 e. The number of hydrogen-bond donors (Lipinski definition) is 0. The molecule has 0 N–H and O–H groups in total. The van der Waals surface area contributed by atoms with Crippen LogP contribution in [0.4, 0.5) is 0 Å². The molecule has 0 bridgehead atoms. The van der Waals surface area contributed by atoms with Crippen molar-refractivity contribution >= 4 is 23.2 Å². The van der Waals surface area contributed by atoms with Gasteiger partial charge in [0, 0.05) is 6.42 Å². The van der Waals surface area contributed by atoms with E-state index in [2.05, 4.69) is 97.1 Å². The van der Waals surface area contributed by atoms with Crippen LogP contribution in [0.3, 0.4) is 0 Å². The van der Waals surface area contributed by atoms with Gasteiger partial charge in [-0.2, -0.15) is 5.26 Å². The number of nitrogens with zero attached hydrogens (tertiary/aromatic N) is 1. The molecule has 0 aromatic heterocycles. The molecule has 25 heavy (non-hydrogen) atoms. The molecule has 126 valence electrons. The van der Waals surface area contributed by atoms with Gasteiger partial charge in [-0.25, -0.2) is 0 Å². The molecule has 0 unspecified atom stereocenters. The molecular formula is C22H21ClNP. The summed E-state index contributed by atoms with van der Waals surface area (Å²) in [6, 6.07) is 34.8. The van der Waals surface area contributed by atoms with Crippen LogP contribution in [-0.4, -0.2) is 6.16 Å². The second kappa shape index (κ2) is 9.38. The van der Waals surface area contributed by atoms with E-state index in [9.17, 15) is 0 Å². The maximum atomic E-state index is 9.04. The van der Waals surface area contributed by atoms with Crippen LogP contribution in [0.2, 0.25) is 0 Å². The number of halogens is 1. The summed E-state index contributed by atoms with van der Waals surface area (Å²) in [6.45, 7) is 0. The molecule has 0 saturated heterocycles. The molecule has 3 heteroatoms. The highest BCUT2D eigenvalue weighted by Gasteiger charge is 2.44. The van der Waals surface area contributed by atoms with E-state index in [1.807, 2.05) is 0 Å². The molecule has 0 heterocycles. The molecule has 0 saturated carbocycles. The number of nitriles is 1. The predicted molar refractivity (Wildman–Crippen MR) is 105 cm³/mol. The summed E-state index contributed by atoms with van der Waals surface area (Å²) < 4.78 is 0. The average Bonchev–Trinajstić information content (AvgIpc) is 2.68. The van der Waals surface area contributed by atoms with Crippen molar-refractivity contribution in [2.45, 2.75) is 12.8 Å². The lowest BCUT2D eigenvalue weighted by Gasteiger charge is -2.27. The van der Waals surface area contributed by atoms with Crippen LogP contribution < -0.4 is 28.3 Å². The largest absolute Gasteiger partial charge is 1.00 e. The van der Waals surface area contributed by atoms with E-state index in [4.69, 9.17) is 5.26 Å². The standard InChI is InChI=1S/C22H21NP.ClH/c23-18-10-11-19-24(20-12-4-1-5-13-20,21-14-6-2-7-15-21)22-16-8-3-9-17-22;/h1-9,12-17H,10-11,19H2;1H/q+1;/p-1. The average molecular weight is 366 g/mol. The highest BCUT2D eigenvalue weighted by Crippen LogP contribution is 2.55. The maximum absolute atomic E-state index is 9.04. The fraction of sp³-hybridized carbons (Fsp3) is 0.136. The Morgan fingerprint density at radius 2 is 1.00 bits per heavy atom. The van der Waals surface area contributed by atoms with E-state index >= 15 is 0 Å². The fourth-order valence-corrected chi connectivity index (χ4v) is 7.62. The topological polar surface area (TPSA) is 23.8 Å². The molecular weight excluding hydrogens is 345 g/mol.